The molecule has 1 amide bonds. The number of aliphatic carboxylic acids is 2. The molecule has 1 aromatic heterocycles. The Morgan fingerprint density at radius 3 is 2.65 bits per heavy atom. The van der Waals surface area contributed by atoms with Gasteiger partial charge in [0.2, 0.25) is 5.91 Å². The largest absolute Gasteiger partial charge is 0.481 e. The van der Waals surface area contributed by atoms with E-state index in [1.165, 1.54) is 0 Å². The molecule has 40 heavy (non-hydrogen) atoms. The Morgan fingerprint density at radius 2 is 1.93 bits per heavy atom. The van der Waals surface area contributed by atoms with Crippen molar-refractivity contribution in [2.45, 2.75) is 63.8 Å². The van der Waals surface area contributed by atoms with Crippen LogP contribution in [0.15, 0.2) is 30.5 Å². The molecule has 1 aliphatic heterocycles. The number of carboxylic acids is 2. The topological polar surface area (TPSA) is 172 Å². The maximum Gasteiger partial charge on any atom is 0.329 e. The van der Waals surface area contributed by atoms with Gasteiger partial charge in [-0.1, -0.05) is 23.4 Å². The summed E-state index contributed by atoms with van der Waals surface area (Å²) in [5.41, 5.74) is 2.52. The van der Waals surface area contributed by atoms with Crippen molar-refractivity contribution in [3.63, 3.8) is 0 Å². The maximum absolute atomic E-state index is 13.0. The van der Waals surface area contributed by atoms with Crippen molar-refractivity contribution in [3.05, 3.63) is 41.7 Å². The fourth-order valence-electron chi connectivity index (χ4n) is 4.76. The molecule has 3 N–H and O–H groups in total. The molecule has 0 aliphatic carbocycles. The normalized spacial score (nSPS) is 17.4. The number of carbonyl (C=O) groups excluding carboxylic acids is 1. The monoisotopic (exact) mass is 582 g/mol. The van der Waals surface area contributed by atoms with E-state index in [2.05, 4.69) is 10.3 Å². The van der Waals surface area contributed by atoms with E-state index in [0.717, 1.165) is 11.3 Å². The van der Waals surface area contributed by atoms with Gasteiger partial charge in [0, 0.05) is 19.4 Å². The molecule has 1 saturated heterocycles. The highest BCUT2D eigenvalue weighted by molar-refractivity contribution is 7.52. The number of amides is 1. The van der Waals surface area contributed by atoms with Gasteiger partial charge in [0.1, 0.15) is 0 Å². The second-order valence-corrected chi connectivity index (χ2v) is 11.8. The molecule has 2 aromatic rings. The number of nitrogens with zero attached hydrogens (tertiary/aromatic N) is 4. The minimum atomic E-state index is -4.32. The number of halogens is 1. The predicted octanol–water partition coefficient (Wildman–Crippen LogP) is 3.25. The van der Waals surface area contributed by atoms with Crippen LogP contribution in [0.3, 0.4) is 0 Å². The number of likely N-dealkylation sites (tertiary alicyclic amines) is 1. The summed E-state index contributed by atoms with van der Waals surface area (Å²) in [6.45, 7) is -0.124. The zero-order valence-corrected chi connectivity index (χ0v) is 23.1. The smallest absolute Gasteiger partial charge is 0.329 e. The van der Waals surface area contributed by atoms with Crippen molar-refractivity contribution in [3.8, 4) is 5.69 Å². The van der Waals surface area contributed by atoms with E-state index >= 15 is 0 Å². The lowest BCUT2D eigenvalue weighted by Crippen LogP contribution is -2.38. The van der Waals surface area contributed by atoms with E-state index in [4.69, 9.17) is 9.63 Å². The van der Waals surface area contributed by atoms with Crippen LogP contribution in [0.4, 0.5) is 4.39 Å². The minimum absolute atomic E-state index is 0.101. The number of hydrogen-bond donors (Lipinski definition) is 3. The molecule has 3 atom stereocenters. The first kappa shape index (κ1) is 31.4. The fraction of sp³-hybridized carbons (Fsp3) is 0.577. The van der Waals surface area contributed by atoms with Gasteiger partial charge in [-0.25, -0.2) is 4.68 Å². The number of benzene rings is 1. The highest BCUT2D eigenvalue weighted by atomic mass is 31.2. The SMILES string of the molecule is O=C(O)CCC(CP(=O)(O)OCC1CCCN1C(=O)CCCc1ccccc1-n1cc(CCCF)nn1)C(=O)O. The molecule has 0 bridgehead atoms. The second kappa shape index (κ2) is 15.0. The van der Waals surface area contributed by atoms with E-state index in [0.29, 0.717) is 50.8 Å². The fourth-order valence-corrected chi connectivity index (χ4v) is 6.17. The molecule has 3 rings (SSSR count). The summed E-state index contributed by atoms with van der Waals surface area (Å²) in [4.78, 5) is 47.0. The summed E-state index contributed by atoms with van der Waals surface area (Å²) in [7, 11) is -4.32. The second-order valence-electron chi connectivity index (χ2n) is 9.90. The number of aromatic nitrogens is 3. The summed E-state index contributed by atoms with van der Waals surface area (Å²) in [5, 5.41) is 26.3. The quantitative estimate of drug-likeness (QED) is 0.235. The molecule has 1 aliphatic rings. The van der Waals surface area contributed by atoms with Crippen LogP contribution < -0.4 is 0 Å². The third kappa shape index (κ3) is 9.50. The summed E-state index contributed by atoms with van der Waals surface area (Å²) in [6.07, 6.45) is 3.98. The molecule has 1 aromatic carbocycles. The van der Waals surface area contributed by atoms with Crippen molar-refractivity contribution in [2.24, 2.45) is 5.92 Å². The molecule has 0 radical (unpaired) electrons. The van der Waals surface area contributed by atoms with Gasteiger partial charge in [0.25, 0.3) is 0 Å². The Kier molecular flexibility index (Phi) is 11.8. The minimum Gasteiger partial charge on any atom is -0.481 e. The standard InChI is InChI=1S/C26H36FN4O8P/c27-14-4-8-21-16-31(29-28-21)23-10-2-1-6-19(23)7-3-11-24(32)30-15-5-9-22(30)17-39-40(37,38)18-20(26(35)36)12-13-25(33)34/h1-2,6,10,16,20,22H,3-5,7-9,11-15,17-18H2,(H,33,34)(H,35,36)(H,37,38). The Balaban J connectivity index is 1.51. The number of hydrogen-bond acceptors (Lipinski definition) is 7. The first-order valence-electron chi connectivity index (χ1n) is 13.4. The number of aryl methyl sites for hydroxylation is 2. The van der Waals surface area contributed by atoms with Gasteiger partial charge in [-0.15, -0.1) is 5.10 Å². The zero-order chi connectivity index (χ0) is 29.1. The van der Waals surface area contributed by atoms with Gasteiger partial charge in [-0.3, -0.25) is 23.3 Å². The van der Waals surface area contributed by atoms with E-state index < -0.39 is 50.8 Å². The van der Waals surface area contributed by atoms with Gasteiger partial charge >= 0.3 is 19.5 Å². The molecule has 0 saturated carbocycles. The van der Waals surface area contributed by atoms with Crippen LogP contribution in [0.25, 0.3) is 5.69 Å². The Morgan fingerprint density at radius 1 is 1.15 bits per heavy atom. The van der Waals surface area contributed by atoms with Gasteiger partial charge in [0.05, 0.1) is 49.0 Å². The first-order chi connectivity index (χ1) is 19.1. The molecule has 2 heterocycles. The molecule has 0 spiro atoms. The van der Waals surface area contributed by atoms with Crippen LogP contribution in [-0.4, -0.2) is 84.9 Å². The van der Waals surface area contributed by atoms with E-state index in [-0.39, 0.29) is 25.4 Å². The summed E-state index contributed by atoms with van der Waals surface area (Å²) in [6, 6.07) is 7.24. The van der Waals surface area contributed by atoms with Gasteiger partial charge in [0.15, 0.2) is 0 Å². The molecular formula is C26H36FN4O8P. The van der Waals surface area contributed by atoms with E-state index in [9.17, 15) is 33.3 Å². The molecule has 1 fully saturated rings. The average molecular weight is 583 g/mol. The number of rotatable bonds is 17. The average Bonchev–Trinajstić information content (AvgIpc) is 3.58. The molecule has 3 unspecified atom stereocenters. The Bertz CT molecular complexity index is 1210. The van der Waals surface area contributed by atoms with E-state index in [1.807, 2.05) is 24.3 Å². The lowest BCUT2D eigenvalue weighted by atomic mass is 10.1. The lowest BCUT2D eigenvalue weighted by Gasteiger charge is -2.26. The van der Waals surface area contributed by atoms with Gasteiger partial charge in [-0.2, -0.15) is 0 Å². The highest BCUT2D eigenvalue weighted by Gasteiger charge is 2.34. The summed E-state index contributed by atoms with van der Waals surface area (Å²) >= 11 is 0. The summed E-state index contributed by atoms with van der Waals surface area (Å²) in [5.74, 6) is -3.98. The van der Waals surface area contributed by atoms with Crippen molar-refractivity contribution < 1.29 is 43.0 Å². The van der Waals surface area contributed by atoms with Crippen LogP contribution in [0.5, 0.6) is 0 Å². The Labute approximate surface area is 231 Å². The highest BCUT2D eigenvalue weighted by Crippen LogP contribution is 2.45. The van der Waals surface area contributed by atoms with E-state index in [1.54, 1.807) is 15.8 Å². The number of carboxylic acid groups (broad SMARTS) is 2. The third-order valence-electron chi connectivity index (χ3n) is 6.86. The number of carbonyl (C=O) groups is 3. The summed E-state index contributed by atoms with van der Waals surface area (Å²) < 4.78 is 31.9. The van der Waals surface area contributed by atoms with Crippen molar-refractivity contribution in [1.82, 2.24) is 19.9 Å². The number of alkyl halides is 1. The maximum atomic E-state index is 13.0. The van der Waals surface area contributed by atoms with Crippen LogP contribution in [0, 0.1) is 5.92 Å². The zero-order valence-electron chi connectivity index (χ0n) is 22.2. The first-order valence-corrected chi connectivity index (χ1v) is 15.1. The van der Waals surface area contributed by atoms with Crippen molar-refractivity contribution >= 4 is 25.4 Å². The predicted molar refractivity (Wildman–Crippen MR) is 142 cm³/mol. The van der Waals surface area contributed by atoms with Crippen LogP contribution >= 0.6 is 7.60 Å². The molecule has 220 valence electrons. The van der Waals surface area contributed by atoms with Crippen molar-refractivity contribution in [2.75, 3.05) is 26.0 Å². The van der Waals surface area contributed by atoms with Crippen LogP contribution in [0.2, 0.25) is 0 Å². The lowest BCUT2D eigenvalue weighted by molar-refractivity contribution is -0.142. The van der Waals surface area contributed by atoms with Crippen LogP contribution in [0.1, 0.15) is 56.2 Å². The van der Waals surface area contributed by atoms with Gasteiger partial charge in [-0.05, 0) is 56.6 Å². The van der Waals surface area contributed by atoms with Gasteiger partial charge < -0.3 is 24.5 Å². The van der Waals surface area contributed by atoms with Crippen LogP contribution in [-0.2, 0) is 36.3 Å². The molecular weight excluding hydrogens is 546 g/mol. The number of para-hydroxylation sites is 1. The Hall–Kier alpha value is -3.15. The van der Waals surface area contributed by atoms with Crippen molar-refractivity contribution in [1.29, 1.82) is 0 Å². The molecule has 12 nitrogen and oxygen atoms in total. The third-order valence-corrected chi connectivity index (χ3v) is 8.31. The molecule has 14 heteroatoms.